The van der Waals surface area contributed by atoms with Crippen molar-refractivity contribution in [2.24, 2.45) is 0 Å². The van der Waals surface area contributed by atoms with E-state index in [1.807, 2.05) is 33.8 Å². The number of pyridine rings is 1. The summed E-state index contributed by atoms with van der Waals surface area (Å²) in [6.45, 7) is 10.9. The summed E-state index contributed by atoms with van der Waals surface area (Å²) in [6.07, 6.45) is 3.62. The van der Waals surface area contributed by atoms with Gasteiger partial charge in [0.1, 0.15) is 5.82 Å². The topological polar surface area (TPSA) is 84.5 Å². The average molecular weight is 417 g/mol. The van der Waals surface area contributed by atoms with Crippen molar-refractivity contribution < 1.29 is 13.9 Å². The van der Waals surface area contributed by atoms with Crippen molar-refractivity contribution in [3.05, 3.63) is 47.4 Å². The molecule has 1 aromatic carbocycles. The van der Waals surface area contributed by atoms with Gasteiger partial charge in [-0.25, -0.2) is 9.37 Å². The van der Waals surface area contributed by atoms with Gasteiger partial charge in [0.05, 0.1) is 25.0 Å². The molecule has 164 valence electrons. The number of nitrogen functional groups attached to an aromatic ring is 1. The van der Waals surface area contributed by atoms with Crippen molar-refractivity contribution in [2.45, 2.75) is 46.6 Å². The van der Waals surface area contributed by atoms with Crippen LogP contribution in [-0.4, -0.2) is 43.1 Å². The number of nitrogens with two attached hydrogens (primary N) is 1. The van der Waals surface area contributed by atoms with Crippen LogP contribution < -0.4 is 15.4 Å². The summed E-state index contributed by atoms with van der Waals surface area (Å²) in [7, 11) is 0. The molecule has 2 aliphatic rings. The molecule has 2 heterocycles. The molecule has 2 fully saturated rings. The minimum absolute atomic E-state index is 0.0732. The number of halogens is 1. The fourth-order valence-electron chi connectivity index (χ4n) is 2.94. The van der Waals surface area contributed by atoms with Crippen molar-refractivity contribution >= 4 is 17.2 Å². The fraction of sp³-hybridized carbons (Fsp3) is 0.478. The highest BCUT2D eigenvalue weighted by Gasteiger charge is 2.26. The number of nitrogens with one attached hydrogen (secondary N) is 1. The van der Waals surface area contributed by atoms with E-state index >= 15 is 0 Å². The molecule has 1 aliphatic heterocycles. The number of aromatic nitrogens is 1. The monoisotopic (exact) mass is 416 g/mol. The third-order valence-corrected chi connectivity index (χ3v) is 4.56. The molecule has 6 nitrogen and oxygen atoms in total. The Balaban J connectivity index is 0.000000757. The molecule has 3 N–H and O–H groups in total. The summed E-state index contributed by atoms with van der Waals surface area (Å²) in [6, 6.07) is 6.38. The van der Waals surface area contributed by atoms with Crippen LogP contribution in [-0.2, 0) is 4.74 Å². The Kier molecular flexibility index (Phi) is 9.05. The Bertz CT molecular complexity index is 834. The van der Waals surface area contributed by atoms with Crippen molar-refractivity contribution in [3.8, 4) is 5.75 Å². The highest BCUT2D eigenvalue weighted by Crippen LogP contribution is 2.32. The van der Waals surface area contributed by atoms with Crippen LogP contribution in [0.1, 0.15) is 51.7 Å². The molecule has 0 amide bonds. The zero-order valence-electron chi connectivity index (χ0n) is 18.4. The van der Waals surface area contributed by atoms with Gasteiger partial charge in [-0.3, -0.25) is 5.41 Å². The Morgan fingerprint density at radius 1 is 1.17 bits per heavy atom. The molecular formula is C23H33FN4O2. The van der Waals surface area contributed by atoms with Crippen LogP contribution in [0.2, 0.25) is 0 Å². The van der Waals surface area contributed by atoms with Crippen molar-refractivity contribution in [1.29, 1.82) is 5.41 Å². The maximum absolute atomic E-state index is 14.1. The SMILES string of the molecule is CC.CC.N=C(c1ccnc(N2CCOCC2)c1)c1cc(OC2CC2)c(F)cc1N. The molecule has 0 bridgehead atoms. The van der Waals surface area contributed by atoms with Crippen molar-refractivity contribution in [3.63, 3.8) is 0 Å². The Morgan fingerprint density at radius 3 is 2.47 bits per heavy atom. The lowest BCUT2D eigenvalue weighted by molar-refractivity contribution is 0.122. The predicted molar refractivity (Wildman–Crippen MR) is 120 cm³/mol. The maximum Gasteiger partial charge on any atom is 0.167 e. The van der Waals surface area contributed by atoms with Crippen molar-refractivity contribution in [2.75, 3.05) is 36.9 Å². The predicted octanol–water partition coefficient (Wildman–Crippen LogP) is 4.65. The number of anilines is 2. The lowest BCUT2D eigenvalue weighted by Gasteiger charge is -2.28. The number of hydrogen-bond acceptors (Lipinski definition) is 6. The van der Waals surface area contributed by atoms with Crippen LogP contribution in [0.4, 0.5) is 15.9 Å². The maximum atomic E-state index is 14.1. The summed E-state index contributed by atoms with van der Waals surface area (Å²) in [5.74, 6) is 0.462. The van der Waals surface area contributed by atoms with Gasteiger partial charge in [0, 0.05) is 42.2 Å². The molecule has 7 heteroatoms. The van der Waals surface area contributed by atoms with Crippen LogP contribution in [0.3, 0.4) is 0 Å². The third-order valence-electron chi connectivity index (χ3n) is 4.56. The Morgan fingerprint density at radius 2 is 1.83 bits per heavy atom. The first-order chi connectivity index (χ1) is 14.6. The lowest BCUT2D eigenvalue weighted by Crippen LogP contribution is -2.36. The first-order valence-electron chi connectivity index (χ1n) is 10.8. The number of morpholine rings is 1. The summed E-state index contributed by atoms with van der Waals surface area (Å²) in [4.78, 5) is 6.52. The molecule has 2 aromatic rings. The van der Waals surface area contributed by atoms with E-state index in [1.165, 1.54) is 12.1 Å². The molecule has 0 radical (unpaired) electrons. The second kappa shape index (κ2) is 11.5. The molecule has 1 aromatic heterocycles. The second-order valence-corrected chi connectivity index (χ2v) is 6.56. The summed E-state index contributed by atoms with van der Waals surface area (Å²) in [5.41, 5.74) is 7.56. The van der Waals surface area contributed by atoms with Gasteiger partial charge in [0.25, 0.3) is 0 Å². The van der Waals surface area contributed by atoms with Gasteiger partial charge in [-0.15, -0.1) is 0 Å². The highest BCUT2D eigenvalue weighted by atomic mass is 19.1. The average Bonchev–Trinajstić information content (AvgIpc) is 3.63. The number of benzene rings is 1. The van der Waals surface area contributed by atoms with E-state index in [0.29, 0.717) is 24.3 Å². The zero-order chi connectivity index (χ0) is 22.1. The Hall–Kier alpha value is -2.67. The van der Waals surface area contributed by atoms with Gasteiger partial charge in [-0.2, -0.15) is 0 Å². The van der Waals surface area contributed by atoms with Gasteiger partial charge in [-0.1, -0.05) is 27.7 Å². The number of hydrogen-bond donors (Lipinski definition) is 2. The summed E-state index contributed by atoms with van der Waals surface area (Å²) < 4.78 is 25.0. The van der Waals surface area contributed by atoms with E-state index in [0.717, 1.165) is 31.7 Å². The minimum atomic E-state index is -0.491. The molecular weight excluding hydrogens is 383 g/mol. The molecule has 0 spiro atoms. The fourth-order valence-corrected chi connectivity index (χ4v) is 2.94. The molecule has 1 aliphatic carbocycles. The van der Waals surface area contributed by atoms with Crippen LogP contribution in [0.25, 0.3) is 0 Å². The van der Waals surface area contributed by atoms with E-state index in [9.17, 15) is 4.39 Å². The number of ether oxygens (including phenoxy) is 2. The molecule has 30 heavy (non-hydrogen) atoms. The zero-order valence-corrected chi connectivity index (χ0v) is 18.4. The van der Waals surface area contributed by atoms with Gasteiger partial charge in [0.15, 0.2) is 11.6 Å². The van der Waals surface area contributed by atoms with Gasteiger partial charge >= 0.3 is 0 Å². The van der Waals surface area contributed by atoms with Crippen LogP contribution in [0.5, 0.6) is 5.75 Å². The van der Waals surface area contributed by atoms with Crippen molar-refractivity contribution in [1.82, 2.24) is 4.98 Å². The van der Waals surface area contributed by atoms with Crippen LogP contribution in [0, 0.1) is 11.2 Å². The molecule has 0 unspecified atom stereocenters. The summed E-state index contributed by atoms with van der Waals surface area (Å²) >= 11 is 0. The molecule has 1 saturated carbocycles. The van der Waals surface area contributed by atoms with Crippen LogP contribution in [0.15, 0.2) is 30.5 Å². The number of nitrogens with zero attached hydrogens (tertiary/aromatic N) is 2. The quantitative estimate of drug-likeness (QED) is 0.547. The smallest absolute Gasteiger partial charge is 0.167 e. The van der Waals surface area contributed by atoms with E-state index in [2.05, 4.69) is 9.88 Å². The van der Waals surface area contributed by atoms with E-state index in [1.54, 1.807) is 12.3 Å². The van der Waals surface area contributed by atoms with E-state index < -0.39 is 5.82 Å². The van der Waals surface area contributed by atoms with Crippen LogP contribution >= 0.6 is 0 Å². The molecule has 4 rings (SSSR count). The van der Waals surface area contributed by atoms with Gasteiger partial charge in [-0.05, 0) is 31.0 Å². The summed E-state index contributed by atoms with van der Waals surface area (Å²) in [5, 5.41) is 8.56. The normalized spacial score (nSPS) is 15.3. The standard InChI is InChI=1S/C19H21FN4O2.2C2H6/c20-15-11-16(21)14(10-17(15)26-13-1-2-13)19(22)12-3-4-23-18(9-12)24-5-7-25-8-6-24;2*1-2/h3-4,9-11,13,22H,1-2,5-8,21H2;2*1-2H3. The van der Waals surface area contributed by atoms with Gasteiger partial charge in [0.2, 0.25) is 0 Å². The minimum Gasteiger partial charge on any atom is -0.487 e. The first kappa shape index (κ1) is 23.6. The molecule has 0 atom stereocenters. The largest absolute Gasteiger partial charge is 0.487 e. The van der Waals surface area contributed by atoms with E-state index in [4.69, 9.17) is 20.6 Å². The molecule has 1 saturated heterocycles. The van der Waals surface area contributed by atoms with E-state index in [-0.39, 0.29) is 23.3 Å². The second-order valence-electron chi connectivity index (χ2n) is 6.56. The Labute approximate surface area is 178 Å². The first-order valence-corrected chi connectivity index (χ1v) is 10.8. The lowest BCUT2D eigenvalue weighted by atomic mass is 10.0. The highest BCUT2D eigenvalue weighted by molar-refractivity contribution is 6.14. The third kappa shape index (κ3) is 5.92. The number of rotatable bonds is 5. The van der Waals surface area contributed by atoms with Gasteiger partial charge < -0.3 is 20.1 Å².